The van der Waals surface area contributed by atoms with E-state index in [4.69, 9.17) is 0 Å². The van der Waals surface area contributed by atoms with E-state index < -0.39 is 24.2 Å². The predicted molar refractivity (Wildman–Crippen MR) is 46.9 cm³/mol. The van der Waals surface area contributed by atoms with E-state index in [9.17, 15) is 18.3 Å². The third kappa shape index (κ3) is 2.85. The van der Waals surface area contributed by atoms with Gasteiger partial charge in [0, 0.05) is 6.04 Å². The van der Waals surface area contributed by atoms with Crippen LogP contribution in [0.5, 0.6) is 0 Å². The maximum atomic E-state index is 12.5. The molecule has 0 aromatic rings. The maximum Gasteiger partial charge on any atom is 0.393 e. The SMILES string of the molecule is CCNC1CC(O)CCC1C(F)(F)F. The van der Waals surface area contributed by atoms with Crippen LogP contribution in [0.1, 0.15) is 26.2 Å². The van der Waals surface area contributed by atoms with Gasteiger partial charge in [-0.25, -0.2) is 0 Å². The maximum absolute atomic E-state index is 12.5. The number of alkyl halides is 3. The number of nitrogens with one attached hydrogen (secondary N) is 1. The molecule has 3 atom stereocenters. The smallest absolute Gasteiger partial charge is 0.393 e. The van der Waals surface area contributed by atoms with Crippen molar-refractivity contribution in [3.8, 4) is 0 Å². The molecule has 0 heterocycles. The average Bonchev–Trinajstić information content (AvgIpc) is 2.02. The van der Waals surface area contributed by atoms with E-state index in [2.05, 4.69) is 5.32 Å². The van der Waals surface area contributed by atoms with Crippen LogP contribution in [0.2, 0.25) is 0 Å². The summed E-state index contributed by atoms with van der Waals surface area (Å²) in [5.41, 5.74) is 0. The number of hydrogen-bond acceptors (Lipinski definition) is 2. The average molecular weight is 211 g/mol. The Morgan fingerprint density at radius 3 is 2.50 bits per heavy atom. The van der Waals surface area contributed by atoms with Crippen LogP contribution >= 0.6 is 0 Å². The Kier molecular flexibility index (Phi) is 3.78. The van der Waals surface area contributed by atoms with Gasteiger partial charge in [0.15, 0.2) is 0 Å². The third-order valence-electron chi connectivity index (χ3n) is 2.71. The van der Waals surface area contributed by atoms with E-state index >= 15 is 0 Å². The fourth-order valence-electron chi connectivity index (χ4n) is 2.03. The van der Waals surface area contributed by atoms with Crippen molar-refractivity contribution >= 4 is 0 Å². The minimum Gasteiger partial charge on any atom is -0.393 e. The van der Waals surface area contributed by atoms with Crippen molar-refractivity contribution in [2.45, 2.75) is 44.5 Å². The topological polar surface area (TPSA) is 32.3 Å². The molecule has 1 fully saturated rings. The number of aliphatic hydroxyl groups excluding tert-OH is 1. The Morgan fingerprint density at radius 2 is 2.00 bits per heavy atom. The fourth-order valence-corrected chi connectivity index (χ4v) is 2.03. The molecule has 0 aromatic heterocycles. The second-order valence-corrected chi connectivity index (χ2v) is 3.78. The van der Waals surface area contributed by atoms with Gasteiger partial charge in [0.2, 0.25) is 0 Å². The number of rotatable bonds is 2. The standard InChI is InChI=1S/C9H16F3NO/c1-2-13-8-5-6(14)3-4-7(8)9(10,11)12/h6-8,13-14H,2-5H2,1H3. The van der Waals surface area contributed by atoms with Crippen LogP contribution in [-0.2, 0) is 0 Å². The van der Waals surface area contributed by atoms with Crippen molar-refractivity contribution in [1.82, 2.24) is 5.32 Å². The summed E-state index contributed by atoms with van der Waals surface area (Å²) in [4.78, 5) is 0. The quantitative estimate of drug-likeness (QED) is 0.728. The first-order valence-electron chi connectivity index (χ1n) is 4.93. The minimum absolute atomic E-state index is 0.0301. The summed E-state index contributed by atoms with van der Waals surface area (Å²) >= 11 is 0. The zero-order chi connectivity index (χ0) is 10.8. The van der Waals surface area contributed by atoms with E-state index in [-0.39, 0.29) is 19.3 Å². The Hall–Kier alpha value is -0.290. The zero-order valence-electron chi connectivity index (χ0n) is 8.14. The van der Waals surface area contributed by atoms with Gasteiger partial charge in [-0.2, -0.15) is 13.2 Å². The molecule has 0 radical (unpaired) electrons. The molecule has 0 spiro atoms. The van der Waals surface area contributed by atoms with Crippen molar-refractivity contribution in [2.24, 2.45) is 5.92 Å². The molecular weight excluding hydrogens is 195 g/mol. The highest BCUT2D eigenvalue weighted by molar-refractivity contribution is 4.88. The van der Waals surface area contributed by atoms with Gasteiger partial charge >= 0.3 is 6.18 Å². The summed E-state index contributed by atoms with van der Waals surface area (Å²) in [6.45, 7) is 2.28. The Labute approximate surface area is 81.5 Å². The molecule has 0 aliphatic heterocycles. The number of aliphatic hydroxyl groups is 1. The van der Waals surface area contributed by atoms with Crippen LogP contribution in [0.25, 0.3) is 0 Å². The monoisotopic (exact) mass is 211 g/mol. The normalized spacial score (nSPS) is 34.5. The molecule has 14 heavy (non-hydrogen) atoms. The molecule has 2 N–H and O–H groups in total. The molecule has 0 amide bonds. The van der Waals surface area contributed by atoms with Gasteiger partial charge in [-0.15, -0.1) is 0 Å². The minimum atomic E-state index is -4.15. The summed E-state index contributed by atoms with van der Waals surface area (Å²) in [6, 6.07) is -0.622. The molecule has 84 valence electrons. The van der Waals surface area contributed by atoms with Crippen LogP contribution in [-0.4, -0.2) is 30.0 Å². The van der Waals surface area contributed by atoms with Gasteiger partial charge in [0.25, 0.3) is 0 Å². The van der Waals surface area contributed by atoms with Crippen LogP contribution in [0, 0.1) is 5.92 Å². The van der Waals surface area contributed by atoms with E-state index in [1.807, 2.05) is 0 Å². The number of hydrogen-bond donors (Lipinski definition) is 2. The fraction of sp³-hybridized carbons (Fsp3) is 1.00. The highest BCUT2D eigenvalue weighted by atomic mass is 19.4. The van der Waals surface area contributed by atoms with E-state index in [0.29, 0.717) is 6.54 Å². The molecule has 0 aromatic carbocycles. The van der Waals surface area contributed by atoms with Gasteiger partial charge in [-0.1, -0.05) is 6.92 Å². The Morgan fingerprint density at radius 1 is 1.36 bits per heavy atom. The van der Waals surface area contributed by atoms with Crippen molar-refractivity contribution in [2.75, 3.05) is 6.54 Å². The molecule has 3 unspecified atom stereocenters. The van der Waals surface area contributed by atoms with Crippen LogP contribution in [0.3, 0.4) is 0 Å². The van der Waals surface area contributed by atoms with Crippen molar-refractivity contribution < 1.29 is 18.3 Å². The Bertz CT molecular complexity index is 183. The first kappa shape index (κ1) is 11.8. The first-order chi connectivity index (χ1) is 6.45. The molecule has 0 bridgehead atoms. The summed E-state index contributed by atoms with van der Waals surface area (Å²) in [7, 11) is 0. The lowest BCUT2D eigenvalue weighted by Gasteiger charge is -2.35. The third-order valence-corrected chi connectivity index (χ3v) is 2.71. The van der Waals surface area contributed by atoms with E-state index in [1.165, 1.54) is 0 Å². The highest BCUT2D eigenvalue weighted by Crippen LogP contribution is 2.37. The zero-order valence-corrected chi connectivity index (χ0v) is 8.14. The molecule has 5 heteroatoms. The van der Waals surface area contributed by atoms with Crippen LogP contribution < -0.4 is 5.32 Å². The summed E-state index contributed by atoms with van der Waals surface area (Å²) in [5, 5.41) is 12.1. The van der Waals surface area contributed by atoms with E-state index in [0.717, 1.165) is 0 Å². The summed E-state index contributed by atoms with van der Waals surface area (Å²) < 4.78 is 37.6. The number of halogens is 3. The predicted octanol–water partition coefficient (Wildman–Crippen LogP) is 1.69. The second-order valence-electron chi connectivity index (χ2n) is 3.78. The molecule has 1 aliphatic rings. The van der Waals surface area contributed by atoms with Gasteiger partial charge in [-0.3, -0.25) is 0 Å². The van der Waals surface area contributed by atoms with Crippen molar-refractivity contribution in [1.29, 1.82) is 0 Å². The summed E-state index contributed by atoms with van der Waals surface area (Å²) in [6.07, 6.45) is -4.24. The largest absolute Gasteiger partial charge is 0.393 e. The van der Waals surface area contributed by atoms with Crippen molar-refractivity contribution in [3.05, 3.63) is 0 Å². The van der Waals surface area contributed by atoms with Gasteiger partial charge in [0.1, 0.15) is 0 Å². The lowest BCUT2D eigenvalue weighted by atomic mass is 9.82. The van der Waals surface area contributed by atoms with Gasteiger partial charge in [-0.05, 0) is 25.8 Å². The van der Waals surface area contributed by atoms with Gasteiger partial charge in [0.05, 0.1) is 12.0 Å². The molecule has 0 saturated heterocycles. The molecule has 1 rings (SSSR count). The molecule has 2 nitrogen and oxygen atoms in total. The highest BCUT2D eigenvalue weighted by Gasteiger charge is 2.46. The van der Waals surface area contributed by atoms with E-state index in [1.54, 1.807) is 6.92 Å². The lowest BCUT2D eigenvalue weighted by molar-refractivity contribution is -0.193. The first-order valence-corrected chi connectivity index (χ1v) is 4.93. The van der Waals surface area contributed by atoms with Crippen LogP contribution in [0.15, 0.2) is 0 Å². The molecular formula is C9H16F3NO. The van der Waals surface area contributed by atoms with Crippen LogP contribution in [0.4, 0.5) is 13.2 Å². The molecule has 1 saturated carbocycles. The second kappa shape index (κ2) is 4.49. The molecule has 1 aliphatic carbocycles. The lowest BCUT2D eigenvalue weighted by Crippen LogP contribution is -2.48. The van der Waals surface area contributed by atoms with Gasteiger partial charge < -0.3 is 10.4 Å². The Balaban J connectivity index is 2.62. The summed E-state index contributed by atoms with van der Waals surface area (Å²) in [5.74, 6) is -1.30. The van der Waals surface area contributed by atoms with Crippen molar-refractivity contribution in [3.63, 3.8) is 0 Å².